The normalized spacial score (nSPS) is 10.5. The molecule has 0 radical (unpaired) electrons. The molecule has 2 aromatic carbocycles. The predicted octanol–water partition coefficient (Wildman–Crippen LogP) is 5.72. The van der Waals surface area contributed by atoms with E-state index in [0.717, 1.165) is 22.4 Å². The largest absolute Gasteiger partial charge is 0.256 e. The van der Waals surface area contributed by atoms with E-state index in [1.807, 2.05) is 60.7 Å². The summed E-state index contributed by atoms with van der Waals surface area (Å²) in [6, 6.07) is 19.6. The van der Waals surface area contributed by atoms with Crippen LogP contribution >= 0.6 is 23.2 Å². The topological polar surface area (TPSA) is 12.9 Å². The monoisotopic (exact) mass is 299 g/mol. The number of hydrogen-bond donors (Lipinski definition) is 0. The van der Waals surface area contributed by atoms with Crippen LogP contribution in [0.15, 0.2) is 66.9 Å². The van der Waals surface area contributed by atoms with Gasteiger partial charge in [0, 0.05) is 17.3 Å². The summed E-state index contributed by atoms with van der Waals surface area (Å²) in [4.78, 5) is 4.31. The van der Waals surface area contributed by atoms with Gasteiger partial charge in [-0.05, 0) is 17.7 Å². The van der Waals surface area contributed by atoms with Gasteiger partial charge in [-0.2, -0.15) is 0 Å². The Labute approximate surface area is 127 Å². The number of benzene rings is 2. The summed E-state index contributed by atoms with van der Waals surface area (Å²) in [6.07, 6.45) is 1.74. The zero-order valence-electron chi connectivity index (χ0n) is 10.6. The SMILES string of the molecule is Clc1c(-c2ccccc2)ccc(-c2ccccn2)c1Cl. The first-order valence-corrected chi connectivity index (χ1v) is 6.98. The molecule has 1 nitrogen and oxygen atoms in total. The summed E-state index contributed by atoms with van der Waals surface area (Å²) in [6.45, 7) is 0. The van der Waals surface area contributed by atoms with Gasteiger partial charge in [0.1, 0.15) is 0 Å². The second kappa shape index (κ2) is 5.66. The van der Waals surface area contributed by atoms with Crippen molar-refractivity contribution in [2.24, 2.45) is 0 Å². The van der Waals surface area contributed by atoms with Gasteiger partial charge in [0.05, 0.1) is 15.7 Å². The van der Waals surface area contributed by atoms with Gasteiger partial charge < -0.3 is 0 Å². The zero-order chi connectivity index (χ0) is 13.9. The number of hydrogen-bond acceptors (Lipinski definition) is 1. The quantitative estimate of drug-likeness (QED) is 0.589. The molecule has 1 aromatic heterocycles. The maximum atomic E-state index is 6.42. The van der Waals surface area contributed by atoms with Crippen molar-refractivity contribution < 1.29 is 0 Å². The van der Waals surface area contributed by atoms with E-state index in [2.05, 4.69) is 4.98 Å². The Kier molecular flexibility index (Phi) is 3.72. The Hall–Kier alpha value is -1.83. The number of nitrogens with zero attached hydrogens (tertiary/aromatic N) is 1. The van der Waals surface area contributed by atoms with Gasteiger partial charge in [0.15, 0.2) is 0 Å². The van der Waals surface area contributed by atoms with Crippen molar-refractivity contribution in [2.45, 2.75) is 0 Å². The smallest absolute Gasteiger partial charge is 0.0717 e. The van der Waals surface area contributed by atoms with E-state index in [1.165, 1.54) is 0 Å². The van der Waals surface area contributed by atoms with Crippen molar-refractivity contribution in [1.29, 1.82) is 0 Å². The second-order valence-electron chi connectivity index (χ2n) is 4.37. The lowest BCUT2D eigenvalue weighted by molar-refractivity contribution is 1.33. The zero-order valence-corrected chi connectivity index (χ0v) is 12.1. The molecule has 0 aliphatic heterocycles. The van der Waals surface area contributed by atoms with Gasteiger partial charge in [-0.15, -0.1) is 0 Å². The lowest BCUT2D eigenvalue weighted by Gasteiger charge is -2.10. The molecule has 3 aromatic rings. The summed E-state index contributed by atoms with van der Waals surface area (Å²) < 4.78 is 0. The predicted molar refractivity (Wildman–Crippen MR) is 85.1 cm³/mol. The molecule has 0 saturated carbocycles. The van der Waals surface area contributed by atoms with Crippen molar-refractivity contribution in [3.8, 4) is 22.4 Å². The molecule has 0 unspecified atom stereocenters. The molecule has 0 aliphatic rings. The van der Waals surface area contributed by atoms with Crippen molar-refractivity contribution in [3.05, 3.63) is 76.9 Å². The van der Waals surface area contributed by atoms with E-state index < -0.39 is 0 Å². The van der Waals surface area contributed by atoms with Crippen LogP contribution < -0.4 is 0 Å². The first-order valence-electron chi connectivity index (χ1n) is 6.22. The average Bonchev–Trinajstić information content (AvgIpc) is 2.52. The number of halogens is 2. The van der Waals surface area contributed by atoms with Gasteiger partial charge in [-0.25, -0.2) is 0 Å². The molecule has 0 N–H and O–H groups in total. The molecule has 0 fully saturated rings. The van der Waals surface area contributed by atoms with Crippen LogP contribution in [0.5, 0.6) is 0 Å². The molecule has 0 atom stereocenters. The van der Waals surface area contributed by atoms with Crippen LogP contribution in [-0.4, -0.2) is 4.98 Å². The molecule has 1 heterocycles. The Balaban J connectivity index is 2.13. The molecule has 0 bridgehead atoms. The molecular weight excluding hydrogens is 289 g/mol. The van der Waals surface area contributed by atoms with Crippen LogP contribution in [-0.2, 0) is 0 Å². The minimum Gasteiger partial charge on any atom is -0.256 e. The molecular formula is C17H11Cl2N. The fourth-order valence-corrected chi connectivity index (χ4v) is 2.65. The number of pyridine rings is 1. The molecule has 3 rings (SSSR count). The minimum atomic E-state index is 0.534. The van der Waals surface area contributed by atoms with Crippen molar-refractivity contribution in [2.75, 3.05) is 0 Å². The van der Waals surface area contributed by atoms with Crippen LogP contribution in [0.2, 0.25) is 10.0 Å². The van der Waals surface area contributed by atoms with Crippen LogP contribution in [0.25, 0.3) is 22.4 Å². The summed E-state index contributed by atoms with van der Waals surface area (Å²) in [5.74, 6) is 0. The first kappa shape index (κ1) is 13.2. The lowest BCUT2D eigenvalue weighted by atomic mass is 10.0. The third-order valence-electron chi connectivity index (χ3n) is 3.11. The summed E-state index contributed by atoms with van der Waals surface area (Å²) >= 11 is 12.8. The molecule has 0 aliphatic carbocycles. The minimum absolute atomic E-state index is 0.534. The Bertz CT molecular complexity index is 660. The summed E-state index contributed by atoms with van der Waals surface area (Å²) in [5, 5.41) is 1.09. The van der Waals surface area contributed by atoms with Gasteiger partial charge >= 0.3 is 0 Å². The second-order valence-corrected chi connectivity index (χ2v) is 5.13. The molecule has 98 valence electrons. The molecule has 3 heteroatoms. The third-order valence-corrected chi connectivity index (χ3v) is 3.99. The van der Waals surface area contributed by atoms with E-state index in [0.29, 0.717) is 10.0 Å². The van der Waals surface area contributed by atoms with Crippen molar-refractivity contribution >= 4 is 23.2 Å². The number of rotatable bonds is 2. The highest BCUT2D eigenvalue weighted by Crippen LogP contribution is 2.39. The molecule has 0 spiro atoms. The van der Waals surface area contributed by atoms with Crippen LogP contribution in [0, 0.1) is 0 Å². The van der Waals surface area contributed by atoms with Crippen LogP contribution in [0.3, 0.4) is 0 Å². The Morgan fingerprint density at radius 3 is 2.00 bits per heavy atom. The molecule has 0 amide bonds. The average molecular weight is 300 g/mol. The Morgan fingerprint density at radius 2 is 1.30 bits per heavy atom. The maximum Gasteiger partial charge on any atom is 0.0717 e. The fraction of sp³-hybridized carbons (Fsp3) is 0. The van der Waals surface area contributed by atoms with Gasteiger partial charge in [-0.1, -0.05) is 71.7 Å². The lowest BCUT2D eigenvalue weighted by Crippen LogP contribution is -1.87. The molecule has 0 saturated heterocycles. The van der Waals surface area contributed by atoms with E-state index in [9.17, 15) is 0 Å². The van der Waals surface area contributed by atoms with Gasteiger partial charge in [-0.3, -0.25) is 4.98 Å². The van der Waals surface area contributed by atoms with E-state index in [1.54, 1.807) is 6.20 Å². The first-order chi connectivity index (χ1) is 9.77. The molecule has 20 heavy (non-hydrogen) atoms. The van der Waals surface area contributed by atoms with Crippen molar-refractivity contribution in [1.82, 2.24) is 4.98 Å². The van der Waals surface area contributed by atoms with E-state index in [4.69, 9.17) is 23.2 Å². The van der Waals surface area contributed by atoms with Gasteiger partial charge in [0.25, 0.3) is 0 Å². The maximum absolute atomic E-state index is 6.42. The van der Waals surface area contributed by atoms with E-state index in [-0.39, 0.29) is 0 Å². The highest BCUT2D eigenvalue weighted by atomic mass is 35.5. The third kappa shape index (κ3) is 2.43. The van der Waals surface area contributed by atoms with E-state index >= 15 is 0 Å². The fourth-order valence-electron chi connectivity index (χ4n) is 2.11. The summed E-state index contributed by atoms with van der Waals surface area (Å²) in [7, 11) is 0. The number of aromatic nitrogens is 1. The van der Waals surface area contributed by atoms with Crippen molar-refractivity contribution in [3.63, 3.8) is 0 Å². The van der Waals surface area contributed by atoms with Gasteiger partial charge in [0.2, 0.25) is 0 Å². The highest BCUT2D eigenvalue weighted by molar-refractivity contribution is 6.45. The van der Waals surface area contributed by atoms with Crippen LogP contribution in [0.1, 0.15) is 0 Å². The Morgan fingerprint density at radius 1 is 0.650 bits per heavy atom. The standard InChI is InChI=1S/C17H11Cl2N/c18-16-13(12-6-2-1-3-7-12)9-10-14(17(16)19)15-8-4-5-11-20-15/h1-11H. The highest BCUT2D eigenvalue weighted by Gasteiger charge is 2.13. The summed E-state index contributed by atoms with van der Waals surface area (Å²) in [5.41, 5.74) is 3.64. The van der Waals surface area contributed by atoms with Crippen LogP contribution in [0.4, 0.5) is 0 Å².